The van der Waals surface area contributed by atoms with E-state index in [1.807, 2.05) is 0 Å². The molecule has 0 spiro atoms. The van der Waals surface area contributed by atoms with E-state index in [0.717, 1.165) is 0 Å². The summed E-state index contributed by atoms with van der Waals surface area (Å²) in [6, 6.07) is 8.14. The molecule has 3 rings (SSSR count). The fraction of sp³-hybridized carbons (Fsp3) is 0.267. The molecule has 0 saturated carbocycles. The van der Waals surface area contributed by atoms with Gasteiger partial charge in [-0.05, 0) is 18.2 Å². The van der Waals surface area contributed by atoms with Crippen LogP contribution in [0.2, 0.25) is 0 Å². The maximum atomic E-state index is 12.5. The lowest BCUT2D eigenvalue weighted by atomic mass is 9.98. The molecule has 6 nitrogen and oxygen atoms in total. The van der Waals surface area contributed by atoms with Gasteiger partial charge in [-0.25, -0.2) is 4.79 Å². The highest BCUT2D eigenvalue weighted by Gasteiger charge is 2.43. The van der Waals surface area contributed by atoms with Crippen LogP contribution < -0.4 is 10.9 Å². The van der Waals surface area contributed by atoms with Gasteiger partial charge >= 0.3 is 5.97 Å². The van der Waals surface area contributed by atoms with Gasteiger partial charge < -0.3 is 15.4 Å². The molecule has 1 aliphatic heterocycles. The van der Waals surface area contributed by atoms with E-state index >= 15 is 0 Å². The van der Waals surface area contributed by atoms with Gasteiger partial charge in [-0.1, -0.05) is 18.2 Å². The molecule has 0 bridgehead atoms. The lowest BCUT2D eigenvalue weighted by Gasteiger charge is -2.24. The fourth-order valence-electron chi connectivity index (χ4n) is 2.56. The van der Waals surface area contributed by atoms with Crippen LogP contribution in [0, 0.1) is 0 Å². The summed E-state index contributed by atoms with van der Waals surface area (Å²) in [6.45, 7) is 0. The highest BCUT2D eigenvalue weighted by atomic mass is 32.2. The van der Waals surface area contributed by atoms with Gasteiger partial charge in [-0.3, -0.25) is 9.59 Å². The summed E-state index contributed by atoms with van der Waals surface area (Å²) >= 11 is 1.49. The van der Waals surface area contributed by atoms with Gasteiger partial charge in [-0.15, -0.1) is 0 Å². The number of aromatic amines is 1. The zero-order chi connectivity index (χ0) is 15.7. The van der Waals surface area contributed by atoms with Crippen molar-refractivity contribution in [2.45, 2.75) is 12.0 Å². The number of hydrogen-bond donors (Lipinski definition) is 3. The van der Waals surface area contributed by atoms with Crippen molar-refractivity contribution in [3.63, 3.8) is 0 Å². The van der Waals surface area contributed by atoms with E-state index in [1.54, 1.807) is 24.3 Å². The maximum Gasteiger partial charge on any atom is 0.330 e. The Morgan fingerprint density at radius 2 is 2.09 bits per heavy atom. The number of carbonyl (C=O) groups is 2. The molecule has 0 aliphatic carbocycles. The van der Waals surface area contributed by atoms with Gasteiger partial charge in [0.2, 0.25) is 5.56 Å². The van der Waals surface area contributed by atoms with E-state index in [1.165, 1.54) is 17.8 Å². The molecule has 0 unspecified atom stereocenters. The number of carboxylic acid groups (broad SMARTS) is 1. The van der Waals surface area contributed by atoms with Gasteiger partial charge in [-0.2, -0.15) is 11.8 Å². The van der Waals surface area contributed by atoms with Gasteiger partial charge in [0.05, 0.1) is 5.56 Å². The van der Waals surface area contributed by atoms with Gasteiger partial charge in [0.1, 0.15) is 5.54 Å². The Labute approximate surface area is 129 Å². The largest absolute Gasteiger partial charge is 0.479 e. The first-order valence-corrected chi connectivity index (χ1v) is 7.93. The molecule has 1 aromatic heterocycles. The van der Waals surface area contributed by atoms with Crippen LogP contribution >= 0.6 is 11.8 Å². The number of para-hydroxylation sites is 1. The number of pyridine rings is 1. The first-order chi connectivity index (χ1) is 10.5. The molecule has 2 aromatic rings. The van der Waals surface area contributed by atoms with Crippen molar-refractivity contribution in [2.75, 3.05) is 11.5 Å². The minimum atomic E-state index is -1.26. The highest BCUT2D eigenvalue weighted by Crippen LogP contribution is 2.29. The molecule has 1 aromatic carbocycles. The average molecular weight is 318 g/mol. The van der Waals surface area contributed by atoms with Gasteiger partial charge in [0.15, 0.2) is 0 Å². The second-order valence-electron chi connectivity index (χ2n) is 5.24. The molecule has 114 valence electrons. The standard InChI is InChI=1S/C15H14N2O4S/c18-12-7-10(9-3-1-2-4-11(9)16-12)13(19)17-15(14(20)21)5-6-22-8-15/h1-4,7H,5-6,8H2,(H,16,18)(H,17,19)(H,20,21)/t15-/m0/s1. The summed E-state index contributed by atoms with van der Waals surface area (Å²) in [4.78, 5) is 38.4. The van der Waals surface area contributed by atoms with Crippen molar-refractivity contribution >= 4 is 34.5 Å². The van der Waals surface area contributed by atoms with Crippen molar-refractivity contribution in [2.24, 2.45) is 0 Å². The average Bonchev–Trinajstić information content (AvgIpc) is 2.96. The number of hydrogen-bond acceptors (Lipinski definition) is 4. The number of fused-ring (bicyclic) bond motifs is 1. The van der Waals surface area contributed by atoms with E-state index in [0.29, 0.717) is 28.8 Å². The molecule has 1 amide bonds. The number of rotatable bonds is 3. The Hall–Kier alpha value is -2.28. The van der Waals surface area contributed by atoms with Crippen LogP contribution in [0.15, 0.2) is 35.1 Å². The molecule has 1 atom stereocenters. The van der Waals surface area contributed by atoms with Crippen LogP contribution in [-0.4, -0.2) is 39.0 Å². The van der Waals surface area contributed by atoms with Crippen LogP contribution in [0.5, 0.6) is 0 Å². The molecule has 1 aliphatic rings. The number of thioether (sulfide) groups is 1. The van der Waals surface area contributed by atoms with E-state index in [-0.39, 0.29) is 5.56 Å². The number of aliphatic carboxylic acids is 1. The first-order valence-electron chi connectivity index (χ1n) is 6.78. The quantitative estimate of drug-likeness (QED) is 0.790. The molecule has 1 fully saturated rings. The minimum Gasteiger partial charge on any atom is -0.479 e. The lowest BCUT2D eigenvalue weighted by molar-refractivity contribution is -0.143. The van der Waals surface area contributed by atoms with Crippen LogP contribution in [0.25, 0.3) is 10.9 Å². The highest BCUT2D eigenvalue weighted by molar-refractivity contribution is 7.99. The molecular weight excluding hydrogens is 304 g/mol. The summed E-state index contributed by atoms with van der Waals surface area (Å²) < 4.78 is 0. The van der Waals surface area contributed by atoms with Gasteiger partial charge in [0.25, 0.3) is 5.91 Å². The normalized spacial score (nSPS) is 20.9. The number of nitrogens with one attached hydrogen (secondary N) is 2. The first kappa shape index (κ1) is 14.6. The maximum absolute atomic E-state index is 12.5. The number of carboxylic acids is 1. The monoisotopic (exact) mass is 318 g/mol. The van der Waals surface area contributed by atoms with Crippen molar-refractivity contribution in [1.82, 2.24) is 10.3 Å². The van der Waals surface area contributed by atoms with Crippen molar-refractivity contribution in [3.05, 3.63) is 46.2 Å². The second-order valence-corrected chi connectivity index (χ2v) is 6.34. The lowest BCUT2D eigenvalue weighted by Crippen LogP contribution is -2.54. The predicted octanol–water partition coefficient (Wildman–Crippen LogP) is 1.22. The van der Waals surface area contributed by atoms with Crippen LogP contribution in [0.4, 0.5) is 0 Å². The summed E-state index contributed by atoms with van der Waals surface area (Å²) in [7, 11) is 0. The molecule has 7 heteroatoms. The minimum absolute atomic E-state index is 0.192. The number of amides is 1. The number of aromatic nitrogens is 1. The summed E-state index contributed by atoms with van der Waals surface area (Å²) in [6.07, 6.45) is 0.375. The van der Waals surface area contributed by atoms with Crippen LogP contribution in [0.1, 0.15) is 16.8 Å². The van der Waals surface area contributed by atoms with Gasteiger partial charge in [0, 0.05) is 22.7 Å². The Bertz CT molecular complexity index is 809. The third-order valence-electron chi connectivity index (χ3n) is 3.78. The smallest absolute Gasteiger partial charge is 0.330 e. The van der Waals surface area contributed by atoms with E-state index in [4.69, 9.17) is 0 Å². The predicted molar refractivity (Wildman–Crippen MR) is 84.3 cm³/mol. The Kier molecular flexibility index (Phi) is 3.66. The van der Waals surface area contributed by atoms with E-state index in [2.05, 4.69) is 10.3 Å². The topological polar surface area (TPSA) is 99.3 Å². The Balaban J connectivity index is 2.02. The number of carbonyl (C=O) groups excluding carboxylic acids is 1. The van der Waals surface area contributed by atoms with Crippen LogP contribution in [0.3, 0.4) is 0 Å². The third kappa shape index (κ3) is 2.48. The fourth-order valence-corrected chi connectivity index (χ4v) is 3.89. The zero-order valence-electron chi connectivity index (χ0n) is 11.6. The zero-order valence-corrected chi connectivity index (χ0v) is 12.4. The molecule has 22 heavy (non-hydrogen) atoms. The molecule has 3 N–H and O–H groups in total. The Morgan fingerprint density at radius 3 is 2.77 bits per heavy atom. The number of H-pyrrole nitrogens is 1. The third-order valence-corrected chi connectivity index (χ3v) is 4.97. The molecule has 1 saturated heterocycles. The van der Waals surface area contributed by atoms with Crippen molar-refractivity contribution in [3.8, 4) is 0 Å². The van der Waals surface area contributed by atoms with E-state index in [9.17, 15) is 19.5 Å². The van der Waals surface area contributed by atoms with Crippen LogP contribution in [-0.2, 0) is 4.79 Å². The number of benzene rings is 1. The van der Waals surface area contributed by atoms with Crippen molar-refractivity contribution < 1.29 is 14.7 Å². The SMILES string of the molecule is O=C(N[C@@]1(C(=O)O)CCSC1)c1cc(=O)[nH]c2ccccc12. The molecule has 2 heterocycles. The Morgan fingerprint density at radius 1 is 1.32 bits per heavy atom. The van der Waals surface area contributed by atoms with E-state index < -0.39 is 23.0 Å². The molecule has 0 radical (unpaired) electrons. The second kappa shape index (κ2) is 5.49. The summed E-state index contributed by atoms with van der Waals surface area (Å²) in [5, 5.41) is 12.6. The van der Waals surface area contributed by atoms with Crippen molar-refractivity contribution in [1.29, 1.82) is 0 Å². The summed E-state index contributed by atoms with van der Waals surface area (Å²) in [5.41, 5.74) is -0.915. The molecular formula is C15H14N2O4S. The summed E-state index contributed by atoms with van der Waals surface area (Å²) in [5.74, 6) is -0.565.